The van der Waals surface area contributed by atoms with Crippen LogP contribution in [0.1, 0.15) is 27.8 Å². The van der Waals surface area contributed by atoms with E-state index in [2.05, 4.69) is 20.4 Å². The monoisotopic (exact) mass is 285 g/mol. The maximum absolute atomic E-state index is 12.2. The Kier molecular flexibility index (Phi) is 4.45. The first kappa shape index (κ1) is 14.4. The summed E-state index contributed by atoms with van der Waals surface area (Å²) in [5, 5.41) is 14.5. The fourth-order valence-corrected chi connectivity index (χ4v) is 1.75. The van der Waals surface area contributed by atoms with Crippen LogP contribution in [-0.4, -0.2) is 26.9 Å². The van der Waals surface area contributed by atoms with Gasteiger partial charge >= 0.3 is 0 Å². The van der Waals surface area contributed by atoms with Gasteiger partial charge in [-0.2, -0.15) is 0 Å². The van der Waals surface area contributed by atoms with Crippen molar-refractivity contribution >= 4 is 11.7 Å². The van der Waals surface area contributed by atoms with Crippen LogP contribution in [0, 0.1) is 6.92 Å². The number of amidine groups is 1. The Morgan fingerprint density at radius 1 is 1.29 bits per heavy atom. The van der Waals surface area contributed by atoms with Crippen molar-refractivity contribution in [2.75, 3.05) is 0 Å². The molecule has 7 nitrogen and oxygen atoms in total. The van der Waals surface area contributed by atoms with E-state index in [9.17, 15) is 4.79 Å². The topological polar surface area (TPSA) is 113 Å². The quantitative estimate of drug-likeness (QED) is 0.336. The minimum atomic E-state index is -0.744. The number of hydrogen-bond donors (Lipinski definition) is 3. The van der Waals surface area contributed by atoms with Gasteiger partial charge in [-0.25, -0.2) is 4.98 Å². The average molecular weight is 285 g/mol. The lowest BCUT2D eigenvalue weighted by molar-refractivity contribution is 0.0940. The van der Waals surface area contributed by atoms with Crippen LogP contribution in [0.15, 0.2) is 47.9 Å². The summed E-state index contributed by atoms with van der Waals surface area (Å²) in [6.45, 7) is 1.78. The average Bonchev–Trinajstić information content (AvgIpc) is 2.53. The molecule has 0 spiro atoms. The third kappa shape index (κ3) is 3.53. The normalized spacial score (nSPS) is 12.7. The molecule has 1 unspecified atom stereocenters. The van der Waals surface area contributed by atoms with Crippen LogP contribution in [0.3, 0.4) is 0 Å². The minimum absolute atomic E-state index is 0.116. The molecule has 1 amide bonds. The Hall–Kier alpha value is -2.96. The van der Waals surface area contributed by atoms with Crippen LogP contribution in [0.4, 0.5) is 0 Å². The van der Waals surface area contributed by atoms with E-state index < -0.39 is 11.9 Å². The second kappa shape index (κ2) is 6.47. The van der Waals surface area contributed by atoms with E-state index >= 15 is 0 Å². The highest BCUT2D eigenvalue weighted by atomic mass is 16.4. The zero-order valence-electron chi connectivity index (χ0n) is 11.4. The Bertz CT molecular complexity index is 640. The van der Waals surface area contributed by atoms with Gasteiger partial charge < -0.3 is 16.3 Å². The molecule has 0 aliphatic heterocycles. The minimum Gasteiger partial charge on any atom is -0.409 e. The fraction of sp³-hybridized carbons (Fsp3) is 0.143. The van der Waals surface area contributed by atoms with Gasteiger partial charge in [-0.05, 0) is 12.5 Å². The van der Waals surface area contributed by atoms with Crippen molar-refractivity contribution < 1.29 is 10.0 Å². The number of carbonyl (C=O) groups excluding carboxylic acids is 1. The van der Waals surface area contributed by atoms with Crippen LogP contribution >= 0.6 is 0 Å². The van der Waals surface area contributed by atoms with E-state index in [1.165, 1.54) is 12.4 Å². The van der Waals surface area contributed by atoms with Gasteiger partial charge in [-0.15, -0.1) is 0 Å². The molecule has 2 aromatic rings. The lowest BCUT2D eigenvalue weighted by Crippen LogP contribution is -2.38. The number of nitrogens with one attached hydrogen (secondary N) is 1. The van der Waals surface area contributed by atoms with E-state index in [0.29, 0.717) is 11.3 Å². The largest absolute Gasteiger partial charge is 0.409 e. The van der Waals surface area contributed by atoms with E-state index in [0.717, 1.165) is 0 Å². The first-order valence-electron chi connectivity index (χ1n) is 6.23. The molecule has 108 valence electrons. The lowest BCUT2D eigenvalue weighted by atomic mass is 10.1. The summed E-state index contributed by atoms with van der Waals surface area (Å²) in [6, 6.07) is 8.22. The van der Waals surface area contributed by atoms with E-state index in [1.807, 2.05) is 6.07 Å². The molecule has 2 rings (SSSR count). The van der Waals surface area contributed by atoms with Crippen LogP contribution in [0.2, 0.25) is 0 Å². The molecule has 0 radical (unpaired) electrons. The number of carbonyl (C=O) groups is 1. The smallest absolute Gasteiger partial charge is 0.272 e. The van der Waals surface area contributed by atoms with Crippen LogP contribution < -0.4 is 11.1 Å². The maximum Gasteiger partial charge on any atom is 0.272 e. The van der Waals surface area contributed by atoms with Crippen molar-refractivity contribution in [2.45, 2.75) is 13.0 Å². The predicted octanol–water partition coefficient (Wildman–Crippen LogP) is 1.00. The van der Waals surface area contributed by atoms with Crippen molar-refractivity contribution in [1.82, 2.24) is 15.3 Å². The molecule has 0 fully saturated rings. The first-order chi connectivity index (χ1) is 10.1. The van der Waals surface area contributed by atoms with Crippen molar-refractivity contribution in [3.8, 4) is 0 Å². The highest BCUT2D eigenvalue weighted by Gasteiger charge is 2.20. The molecule has 1 atom stereocenters. The molecule has 21 heavy (non-hydrogen) atoms. The van der Waals surface area contributed by atoms with E-state index in [1.54, 1.807) is 31.2 Å². The Morgan fingerprint density at radius 3 is 2.57 bits per heavy atom. The molecule has 1 aromatic carbocycles. The number of amides is 1. The van der Waals surface area contributed by atoms with Crippen LogP contribution in [-0.2, 0) is 0 Å². The molecular weight excluding hydrogens is 270 g/mol. The highest BCUT2D eigenvalue weighted by molar-refractivity contribution is 5.97. The Morgan fingerprint density at radius 2 is 2.00 bits per heavy atom. The summed E-state index contributed by atoms with van der Waals surface area (Å²) < 4.78 is 0. The number of hydrogen-bond acceptors (Lipinski definition) is 5. The number of aromatic nitrogens is 2. The van der Waals surface area contributed by atoms with Crippen molar-refractivity contribution in [3.63, 3.8) is 0 Å². The predicted molar refractivity (Wildman–Crippen MR) is 76.8 cm³/mol. The fourth-order valence-electron chi connectivity index (χ4n) is 1.75. The van der Waals surface area contributed by atoms with Gasteiger partial charge in [0.25, 0.3) is 5.91 Å². The molecule has 0 saturated carbocycles. The summed E-state index contributed by atoms with van der Waals surface area (Å²) in [5.41, 5.74) is 7.21. The molecule has 0 aliphatic rings. The van der Waals surface area contributed by atoms with E-state index in [-0.39, 0.29) is 11.5 Å². The first-order valence-corrected chi connectivity index (χ1v) is 6.23. The third-order valence-corrected chi connectivity index (χ3v) is 2.83. The summed E-state index contributed by atoms with van der Waals surface area (Å²) in [6.07, 6.45) is 2.87. The number of nitrogens with zero attached hydrogens (tertiary/aromatic N) is 3. The molecule has 1 aromatic heterocycles. The van der Waals surface area contributed by atoms with Gasteiger partial charge in [-0.3, -0.25) is 9.78 Å². The summed E-state index contributed by atoms with van der Waals surface area (Å²) in [7, 11) is 0. The number of nitrogens with two attached hydrogens (primary N) is 1. The standard InChI is InChI=1S/C14H15N5O2/c1-9-7-17-11(8-16-9)14(20)18-12(13(15)19-21)10-5-3-2-4-6-10/h2-8,12,21H,1H3,(H2,15,19)(H,18,20). The van der Waals surface area contributed by atoms with Gasteiger partial charge in [0.15, 0.2) is 5.84 Å². The van der Waals surface area contributed by atoms with Crippen LogP contribution in [0.25, 0.3) is 0 Å². The lowest BCUT2D eigenvalue weighted by Gasteiger charge is -2.17. The zero-order valence-corrected chi connectivity index (χ0v) is 11.4. The van der Waals surface area contributed by atoms with Crippen LogP contribution in [0.5, 0.6) is 0 Å². The van der Waals surface area contributed by atoms with Gasteiger partial charge in [0.1, 0.15) is 11.7 Å². The number of oxime groups is 1. The molecular formula is C14H15N5O2. The van der Waals surface area contributed by atoms with Crippen molar-refractivity contribution in [3.05, 3.63) is 59.7 Å². The summed E-state index contributed by atoms with van der Waals surface area (Å²) in [5.74, 6) is -0.572. The molecule has 0 saturated heterocycles. The second-order valence-electron chi connectivity index (χ2n) is 4.39. The van der Waals surface area contributed by atoms with Gasteiger partial charge in [0, 0.05) is 6.20 Å². The molecule has 1 heterocycles. The van der Waals surface area contributed by atoms with Gasteiger partial charge in [0.05, 0.1) is 11.9 Å². The Balaban J connectivity index is 2.23. The number of aryl methyl sites for hydroxylation is 1. The summed E-state index contributed by atoms with van der Waals surface area (Å²) >= 11 is 0. The molecule has 7 heteroatoms. The van der Waals surface area contributed by atoms with Gasteiger partial charge in [0.2, 0.25) is 0 Å². The van der Waals surface area contributed by atoms with Crippen molar-refractivity contribution in [2.24, 2.45) is 10.9 Å². The SMILES string of the molecule is Cc1cnc(C(=O)NC(C(N)=NO)c2ccccc2)cn1. The summed E-state index contributed by atoms with van der Waals surface area (Å²) in [4.78, 5) is 20.2. The van der Waals surface area contributed by atoms with E-state index in [4.69, 9.17) is 10.9 Å². The Labute approximate surface area is 121 Å². The number of benzene rings is 1. The van der Waals surface area contributed by atoms with Gasteiger partial charge in [-0.1, -0.05) is 35.5 Å². The second-order valence-corrected chi connectivity index (χ2v) is 4.39. The third-order valence-electron chi connectivity index (χ3n) is 2.83. The molecule has 0 bridgehead atoms. The number of rotatable bonds is 4. The highest BCUT2D eigenvalue weighted by Crippen LogP contribution is 2.13. The van der Waals surface area contributed by atoms with Crippen molar-refractivity contribution in [1.29, 1.82) is 0 Å². The molecule has 0 aliphatic carbocycles. The zero-order chi connectivity index (χ0) is 15.2. The maximum atomic E-state index is 12.2. The molecule has 4 N–H and O–H groups in total.